The Morgan fingerprint density at radius 2 is 1.83 bits per heavy atom. The summed E-state index contributed by atoms with van der Waals surface area (Å²) >= 11 is 0. The van der Waals surface area contributed by atoms with Crippen LogP contribution in [0.25, 0.3) is 0 Å². The van der Waals surface area contributed by atoms with E-state index in [0.29, 0.717) is 11.3 Å². The highest BCUT2D eigenvalue weighted by Gasteiger charge is 2.13. The van der Waals surface area contributed by atoms with E-state index in [9.17, 15) is 4.79 Å². The molecule has 1 aromatic carbocycles. The highest BCUT2D eigenvalue weighted by molar-refractivity contribution is 6.08. The molecular weight excluding hydrogens is 222 g/mol. The first-order chi connectivity index (χ1) is 8.61. The third kappa shape index (κ3) is 2.48. The van der Waals surface area contributed by atoms with Gasteiger partial charge in [-0.05, 0) is 37.0 Å². The molecule has 0 saturated carbocycles. The predicted molar refractivity (Wildman–Crippen MR) is 73.0 cm³/mol. The third-order valence-electron chi connectivity index (χ3n) is 3.05. The molecule has 2 heteroatoms. The first kappa shape index (κ1) is 12.5. The smallest absolute Gasteiger partial charge is 0.211 e. The van der Waals surface area contributed by atoms with Crippen molar-refractivity contribution in [2.75, 3.05) is 0 Å². The van der Waals surface area contributed by atoms with E-state index in [2.05, 4.69) is 11.9 Å². The molecule has 0 radical (unpaired) electrons. The van der Waals surface area contributed by atoms with Crippen LogP contribution in [0.3, 0.4) is 0 Å². The number of aryl methyl sites for hydroxylation is 3. The van der Waals surface area contributed by atoms with Crippen LogP contribution in [-0.2, 0) is 6.42 Å². The predicted octanol–water partition coefficient (Wildman–Crippen LogP) is 3.49. The van der Waals surface area contributed by atoms with Crippen molar-refractivity contribution >= 4 is 5.78 Å². The molecule has 0 bridgehead atoms. The van der Waals surface area contributed by atoms with Crippen LogP contribution in [0.15, 0.2) is 36.5 Å². The van der Waals surface area contributed by atoms with Crippen molar-refractivity contribution < 1.29 is 4.79 Å². The maximum Gasteiger partial charge on any atom is 0.211 e. The minimum atomic E-state index is -0.00449. The quantitative estimate of drug-likeness (QED) is 0.767. The molecule has 0 amide bonds. The number of rotatable bonds is 3. The molecule has 0 unspecified atom stereocenters. The number of hydrogen-bond acceptors (Lipinski definition) is 2. The Kier molecular flexibility index (Phi) is 3.56. The molecule has 2 aromatic rings. The summed E-state index contributed by atoms with van der Waals surface area (Å²) in [5.41, 5.74) is 4.49. The monoisotopic (exact) mass is 239 g/mol. The van der Waals surface area contributed by atoms with E-state index in [0.717, 1.165) is 17.5 Å². The summed E-state index contributed by atoms with van der Waals surface area (Å²) in [6.07, 6.45) is 2.72. The number of carbonyl (C=O) groups excluding carboxylic acids is 1. The fraction of sp³-hybridized carbons (Fsp3) is 0.250. The summed E-state index contributed by atoms with van der Waals surface area (Å²) in [6.45, 7) is 6.00. The van der Waals surface area contributed by atoms with E-state index in [1.165, 1.54) is 5.56 Å². The molecule has 18 heavy (non-hydrogen) atoms. The lowest BCUT2D eigenvalue weighted by Gasteiger charge is -2.05. The second-order valence-corrected chi connectivity index (χ2v) is 4.56. The number of benzene rings is 1. The highest BCUT2D eigenvalue weighted by Crippen LogP contribution is 2.14. The van der Waals surface area contributed by atoms with E-state index in [4.69, 9.17) is 0 Å². The number of carbonyl (C=O) groups is 1. The molecule has 0 aliphatic heterocycles. The molecule has 0 aliphatic rings. The lowest BCUT2D eigenvalue weighted by molar-refractivity contribution is 0.103. The number of ketones is 1. The van der Waals surface area contributed by atoms with Gasteiger partial charge >= 0.3 is 0 Å². The van der Waals surface area contributed by atoms with E-state index >= 15 is 0 Å². The van der Waals surface area contributed by atoms with Crippen molar-refractivity contribution in [1.29, 1.82) is 0 Å². The average molecular weight is 239 g/mol. The second kappa shape index (κ2) is 5.13. The van der Waals surface area contributed by atoms with Gasteiger partial charge in [-0.2, -0.15) is 0 Å². The summed E-state index contributed by atoms with van der Waals surface area (Å²) < 4.78 is 0. The summed E-state index contributed by atoms with van der Waals surface area (Å²) in [5.74, 6) is -0.00449. The number of pyridine rings is 1. The molecule has 2 nitrogen and oxygen atoms in total. The van der Waals surface area contributed by atoms with E-state index in [1.54, 1.807) is 6.20 Å². The van der Waals surface area contributed by atoms with Crippen LogP contribution < -0.4 is 0 Å². The van der Waals surface area contributed by atoms with E-state index < -0.39 is 0 Å². The van der Waals surface area contributed by atoms with Crippen LogP contribution in [0.5, 0.6) is 0 Å². The van der Waals surface area contributed by atoms with Crippen molar-refractivity contribution in [2.45, 2.75) is 27.2 Å². The second-order valence-electron chi connectivity index (χ2n) is 4.56. The molecule has 0 fully saturated rings. The van der Waals surface area contributed by atoms with Crippen LogP contribution >= 0.6 is 0 Å². The van der Waals surface area contributed by atoms with Crippen molar-refractivity contribution in [3.63, 3.8) is 0 Å². The summed E-state index contributed by atoms with van der Waals surface area (Å²) in [4.78, 5) is 16.6. The van der Waals surface area contributed by atoms with Crippen molar-refractivity contribution in [3.8, 4) is 0 Å². The van der Waals surface area contributed by atoms with Gasteiger partial charge in [0, 0.05) is 11.8 Å². The van der Waals surface area contributed by atoms with Gasteiger partial charge in [-0.3, -0.25) is 9.78 Å². The molecule has 0 atom stereocenters. The Balaban J connectivity index is 2.35. The van der Waals surface area contributed by atoms with Crippen LogP contribution in [0, 0.1) is 13.8 Å². The van der Waals surface area contributed by atoms with Gasteiger partial charge in [0.2, 0.25) is 5.78 Å². The lowest BCUT2D eigenvalue weighted by atomic mass is 10.0. The van der Waals surface area contributed by atoms with Crippen LogP contribution in [0.4, 0.5) is 0 Å². The highest BCUT2D eigenvalue weighted by atomic mass is 16.1. The van der Waals surface area contributed by atoms with Gasteiger partial charge in [-0.1, -0.05) is 37.3 Å². The van der Waals surface area contributed by atoms with Gasteiger partial charge in [0.25, 0.3) is 0 Å². The summed E-state index contributed by atoms with van der Waals surface area (Å²) in [6, 6.07) is 9.73. The zero-order valence-electron chi connectivity index (χ0n) is 11.0. The van der Waals surface area contributed by atoms with Gasteiger partial charge in [-0.15, -0.1) is 0 Å². The van der Waals surface area contributed by atoms with Crippen LogP contribution in [0.2, 0.25) is 0 Å². The Morgan fingerprint density at radius 3 is 2.39 bits per heavy atom. The van der Waals surface area contributed by atoms with Crippen molar-refractivity contribution in [1.82, 2.24) is 4.98 Å². The molecule has 1 aromatic heterocycles. The SMILES string of the molecule is CCc1ccc(C(=O)c2ncc(C)cc2C)cc1. The van der Waals surface area contributed by atoms with Crippen LogP contribution in [0.1, 0.15) is 39.7 Å². The minimum Gasteiger partial charge on any atom is -0.287 e. The first-order valence-electron chi connectivity index (χ1n) is 6.18. The average Bonchev–Trinajstić information content (AvgIpc) is 2.38. The normalized spacial score (nSPS) is 10.4. The maximum absolute atomic E-state index is 12.3. The molecule has 0 aliphatic carbocycles. The maximum atomic E-state index is 12.3. The molecule has 0 saturated heterocycles. The summed E-state index contributed by atoms with van der Waals surface area (Å²) in [7, 11) is 0. The Bertz CT molecular complexity index is 570. The van der Waals surface area contributed by atoms with Gasteiger partial charge in [0.1, 0.15) is 5.69 Å². The standard InChI is InChI=1S/C16H17NO/c1-4-13-5-7-14(8-6-13)16(18)15-12(3)9-11(2)10-17-15/h5-10H,4H2,1-3H3. The van der Waals surface area contributed by atoms with Gasteiger partial charge in [0.05, 0.1) is 0 Å². The molecule has 92 valence electrons. The molecule has 0 spiro atoms. The van der Waals surface area contributed by atoms with Crippen molar-refractivity contribution in [3.05, 3.63) is 64.5 Å². The van der Waals surface area contributed by atoms with Gasteiger partial charge in [-0.25, -0.2) is 0 Å². The topological polar surface area (TPSA) is 30.0 Å². The Labute approximate surface area is 108 Å². The minimum absolute atomic E-state index is 0.00449. The van der Waals surface area contributed by atoms with E-state index in [-0.39, 0.29) is 5.78 Å². The lowest BCUT2D eigenvalue weighted by Crippen LogP contribution is -2.06. The zero-order chi connectivity index (χ0) is 13.1. The fourth-order valence-electron chi connectivity index (χ4n) is 1.98. The molecular formula is C16H17NO. The summed E-state index contributed by atoms with van der Waals surface area (Å²) in [5, 5.41) is 0. The Hall–Kier alpha value is -1.96. The number of nitrogens with zero attached hydrogens (tertiary/aromatic N) is 1. The van der Waals surface area contributed by atoms with Crippen LogP contribution in [-0.4, -0.2) is 10.8 Å². The van der Waals surface area contributed by atoms with Gasteiger partial charge < -0.3 is 0 Å². The number of hydrogen-bond donors (Lipinski definition) is 0. The Morgan fingerprint density at radius 1 is 1.17 bits per heavy atom. The first-order valence-corrected chi connectivity index (χ1v) is 6.18. The molecule has 0 N–H and O–H groups in total. The fourth-order valence-corrected chi connectivity index (χ4v) is 1.98. The van der Waals surface area contributed by atoms with E-state index in [1.807, 2.05) is 44.2 Å². The zero-order valence-corrected chi connectivity index (χ0v) is 11.0. The molecule has 1 heterocycles. The molecule has 2 rings (SSSR count). The van der Waals surface area contributed by atoms with Crippen molar-refractivity contribution in [2.24, 2.45) is 0 Å². The largest absolute Gasteiger partial charge is 0.287 e. The number of aromatic nitrogens is 1. The third-order valence-corrected chi connectivity index (χ3v) is 3.05. The van der Waals surface area contributed by atoms with Gasteiger partial charge in [0.15, 0.2) is 0 Å².